The molecule has 1 aliphatic carbocycles. The molecule has 0 aromatic carbocycles. The molecule has 0 aliphatic heterocycles. The Morgan fingerprint density at radius 3 is 2.94 bits per heavy atom. The van der Waals surface area contributed by atoms with Crippen LogP contribution in [0.3, 0.4) is 0 Å². The Kier molecular flexibility index (Phi) is 5.00. The van der Waals surface area contributed by atoms with Crippen LogP contribution in [0.25, 0.3) is 0 Å². The number of hydrogen-bond donors (Lipinski definition) is 1. The smallest absolute Gasteiger partial charge is 0.262 e. The van der Waals surface area contributed by atoms with Crippen LogP contribution >= 0.6 is 27.3 Å². The normalized spacial score (nSPS) is 16.3. The number of hydrogen-bond acceptors (Lipinski definition) is 3. The first kappa shape index (κ1) is 13.1. The summed E-state index contributed by atoms with van der Waals surface area (Å²) >= 11 is 4.79. The topological polar surface area (TPSA) is 38.3 Å². The zero-order valence-electron chi connectivity index (χ0n) is 9.58. The highest BCUT2D eigenvalue weighted by Gasteiger charge is 2.15. The van der Waals surface area contributed by atoms with E-state index in [0.29, 0.717) is 19.3 Å². The molecule has 2 rings (SSSR count). The first-order valence-electron chi connectivity index (χ1n) is 5.90. The summed E-state index contributed by atoms with van der Waals surface area (Å²) in [6.07, 6.45) is 5.31. The Bertz CT molecular complexity index is 374. The molecule has 5 heteroatoms. The Balaban J connectivity index is 1.65. The van der Waals surface area contributed by atoms with Gasteiger partial charge in [-0.3, -0.25) is 4.79 Å². The van der Waals surface area contributed by atoms with Crippen molar-refractivity contribution in [2.75, 3.05) is 13.2 Å². The van der Waals surface area contributed by atoms with Crippen molar-refractivity contribution in [2.24, 2.45) is 0 Å². The van der Waals surface area contributed by atoms with Crippen LogP contribution in [0.5, 0.6) is 0 Å². The first-order chi connectivity index (χ1) is 8.27. The number of ether oxygens (including phenoxy) is 1. The average molecular weight is 318 g/mol. The lowest BCUT2D eigenvalue weighted by Gasteiger charge is -2.11. The third kappa shape index (κ3) is 3.79. The highest BCUT2D eigenvalue weighted by Crippen LogP contribution is 2.22. The van der Waals surface area contributed by atoms with Crippen LogP contribution in [0.1, 0.15) is 35.4 Å². The van der Waals surface area contributed by atoms with Gasteiger partial charge < -0.3 is 10.1 Å². The summed E-state index contributed by atoms with van der Waals surface area (Å²) in [5, 5.41) is 4.76. The highest BCUT2D eigenvalue weighted by molar-refractivity contribution is 9.10. The molecule has 0 spiro atoms. The van der Waals surface area contributed by atoms with Crippen LogP contribution in [-0.2, 0) is 4.74 Å². The molecule has 1 amide bonds. The monoisotopic (exact) mass is 317 g/mol. The second-order valence-corrected chi connectivity index (χ2v) is 5.90. The Hall–Kier alpha value is -0.390. The molecule has 1 heterocycles. The van der Waals surface area contributed by atoms with Crippen LogP contribution in [0, 0.1) is 0 Å². The number of rotatable bonds is 5. The van der Waals surface area contributed by atoms with E-state index >= 15 is 0 Å². The van der Waals surface area contributed by atoms with E-state index in [-0.39, 0.29) is 5.91 Å². The third-order valence-electron chi connectivity index (χ3n) is 2.87. The standard InChI is InChI=1S/C12H16BrNO2S/c13-10-5-8-17-11(10)12(15)14-6-7-16-9-3-1-2-4-9/h5,8-9H,1-4,6-7H2,(H,14,15). The van der Waals surface area contributed by atoms with Gasteiger partial charge in [-0.25, -0.2) is 0 Å². The molecule has 17 heavy (non-hydrogen) atoms. The molecule has 3 nitrogen and oxygen atoms in total. The van der Waals surface area contributed by atoms with Crippen LogP contribution < -0.4 is 5.32 Å². The summed E-state index contributed by atoms with van der Waals surface area (Å²) in [4.78, 5) is 12.5. The SMILES string of the molecule is O=C(NCCOC1CCCC1)c1sccc1Br. The molecule has 94 valence electrons. The average Bonchev–Trinajstić information content (AvgIpc) is 2.95. The van der Waals surface area contributed by atoms with Gasteiger partial charge in [-0.15, -0.1) is 11.3 Å². The summed E-state index contributed by atoms with van der Waals surface area (Å²) in [5.74, 6) is -0.0260. The van der Waals surface area contributed by atoms with E-state index in [4.69, 9.17) is 4.74 Å². The van der Waals surface area contributed by atoms with Crippen LogP contribution in [-0.4, -0.2) is 25.2 Å². The van der Waals surface area contributed by atoms with Crippen molar-refractivity contribution >= 4 is 33.2 Å². The van der Waals surface area contributed by atoms with Crippen molar-refractivity contribution in [1.29, 1.82) is 0 Å². The predicted octanol–water partition coefficient (Wildman–Crippen LogP) is 3.20. The van der Waals surface area contributed by atoms with E-state index in [1.807, 2.05) is 11.4 Å². The summed E-state index contributed by atoms with van der Waals surface area (Å²) in [5.41, 5.74) is 0. The Labute approximate surface area is 114 Å². The number of carbonyl (C=O) groups is 1. The molecular formula is C12H16BrNO2S. The molecule has 1 aliphatic rings. The molecule has 1 saturated carbocycles. The van der Waals surface area contributed by atoms with Crippen molar-refractivity contribution < 1.29 is 9.53 Å². The maximum atomic E-state index is 11.7. The van der Waals surface area contributed by atoms with Crippen LogP contribution in [0.4, 0.5) is 0 Å². The van der Waals surface area contributed by atoms with Crippen molar-refractivity contribution in [3.63, 3.8) is 0 Å². The molecular weight excluding hydrogens is 302 g/mol. The van der Waals surface area contributed by atoms with Gasteiger partial charge in [0.1, 0.15) is 4.88 Å². The molecule has 0 saturated heterocycles. The second-order valence-electron chi connectivity index (χ2n) is 4.13. The largest absolute Gasteiger partial charge is 0.376 e. The predicted molar refractivity (Wildman–Crippen MR) is 72.6 cm³/mol. The zero-order valence-corrected chi connectivity index (χ0v) is 12.0. The van der Waals surface area contributed by atoms with Gasteiger partial charge in [0.05, 0.1) is 12.7 Å². The van der Waals surface area contributed by atoms with E-state index in [1.54, 1.807) is 0 Å². The summed E-state index contributed by atoms with van der Waals surface area (Å²) in [7, 11) is 0. The van der Waals surface area contributed by atoms with E-state index < -0.39 is 0 Å². The molecule has 0 bridgehead atoms. The molecule has 0 radical (unpaired) electrons. The Morgan fingerprint density at radius 1 is 1.53 bits per heavy atom. The van der Waals surface area contributed by atoms with Gasteiger partial charge in [0.25, 0.3) is 5.91 Å². The lowest BCUT2D eigenvalue weighted by atomic mass is 10.3. The van der Waals surface area contributed by atoms with Gasteiger partial charge in [0, 0.05) is 11.0 Å². The number of amides is 1. The summed E-state index contributed by atoms with van der Waals surface area (Å²) in [6.45, 7) is 1.19. The summed E-state index contributed by atoms with van der Waals surface area (Å²) < 4.78 is 6.54. The molecule has 0 unspecified atom stereocenters. The first-order valence-corrected chi connectivity index (χ1v) is 7.57. The maximum absolute atomic E-state index is 11.7. The van der Waals surface area contributed by atoms with E-state index in [1.165, 1.54) is 37.0 Å². The highest BCUT2D eigenvalue weighted by atomic mass is 79.9. The van der Waals surface area contributed by atoms with E-state index in [9.17, 15) is 4.79 Å². The molecule has 1 aromatic heterocycles. The molecule has 1 N–H and O–H groups in total. The van der Waals surface area contributed by atoms with Gasteiger partial charge in [-0.2, -0.15) is 0 Å². The van der Waals surface area contributed by atoms with Gasteiger partial charge in [0.15, 0.2) is 0 Å². The van der Waals surface area contributed by atoms with Crippen LogP contribution in [0.2, 0.25) is 0 Å². The second kappa shape index (κ2) is 6.52. The van der Waals surface area contributed by atoms with Gasteiger partial charge >= 0.3 is 0 Å². The number of carbonyl (C=O) groups excluding carboxylic acids is 1. The fraction of sp³-hybridized carbons (Fsp3) is 0.583. The third-order valence-corrected chi connectivity index (χ3v) is 4.70. The fourth-order valence-electron chi connectivity index (χ4n) is 1.98. The molecule has 0 atom stereocenters. The minimum Gasteiger partial charge on any atom is -0.376 e. The molecule has 1 aromatic rings. The van der Waals surface area contributed by atoms with Crippen LogP contribution in [0.15, 0.2) is 15.9 Å². The minimum absolute atomic E-state index is 0.0260. The quantitative estimate of drug-likeness (QED) is 0.847. The maximum Gasteiger partial charge on any atom is 0.262 e. The number of thiophene rings is 1. The lowest BCUT2D eigenvalue weighted by Crippen LogP contribution is -2.28. The fourth-order valence-corrected chi connectivity index (χ4v) is 3.45. The summed E-state index contributed by atoms with van der Waals surface area (Å²) in [6, 6.07) is 1.88. The molecule has 1 fully saturated rings. The van der Waals surface area contributed by atoms with Gasteiger partial charge in [-0.05, 0) is 40.2 Å². The lowest BCUT2D eigenvalue weighted by molar-refractivity contribution is 0.0582. The Morgan fingerprint density at radius 2 is 2.29 bits per heavy atom. The van der Waals surface area contributed by atoms with Gasteiger partial charge in [-0.1, -0.05) is 12.8 Å². The van der Waals surface area contributed by atoms with Gasteiger partial charge in [0.2, 0.25) is 0 Å². The van der Waals surface area contributed by atoms with Crippen molar-refractivity contribution in [2.45, 2.75) is 31.8 Å². The van der Waals surface area contributed by atoms with E-state index in [2.05, 4.69) is 21.2 Å². The zero-order chi connectivity index (χ0) is 12.1. The van der Waals surface area contributed by atoms with Crippen molar-refractivity contribution in [3.05, 3.63) is 20.8 Å². The minimum atomic E-state index is -0.0260. The number of halogens is 1. The number of nitrogens with one attached hydrogen (secondary N) is 1. The van der Waals surface area contributed by atoms with Crippen molar-refractivity contribution in [1.82, 2.24) is 5.32 Å². The van der Waals surface area contributed by atoms with Crippen molar-refractivity contribution in [3.8, 4) is 0 Å². The van der Waals surface area contributed by atoms with E-state index in [0.717, 1.165) is 9.35 Å².